The summed E-state index contributed by atoms with van der Waals surface area (Å²) in [6.45, 7) is 1.94. The van der Waals surface area contributed by atoms with E-state index in [1.807, 2.05) is 0 Å². The van der Waals surface area contributed by atoms with Crippen molar-refractivity contribution in [3.63, 3.8) is 0 Å². The fourth-order valence-corrected chi connectivity index (χ4v) is 5.46. The van der Waals surface area contributed by atoms with Crippen LogP contribution in [0.4, 0.5) is 5.13 Å². The number of anilines is 1. The van der Waals surface area contributed by atoms with E-state index in [0.29, 0.717) is 12.0 Å². The van der Waals surface area contributed by atoms with Crippen molar-refractivity contribution in [2.75, 3.05) is 17.7 Å². The van der Waals surface area contributed by atoms with Crippen LogP contribution in [0.15, 0.2) is 4.34 Å². The Morgan fingerprint density at radius 3 is 2.64 bits per heavy atom. The predicted molar refractivity (Wildman–Crippen MR) is 112 cm³/mol. The molecule has 0 radical (unpaired) electrons. The van der Waals surface area contributed by atoms with Crippen molar-refractivity contribution < 1.29 is 14.3 Å². The van der Waals surface area contributed by atoms with Crippen LogP contribution in [-0.2, 0) is 14.3 Å². The molecular weight excluding hydrogens is 396 g/mol. The lowest BCUT2D eigenvalue weighted by atomic mass is 9.86. The van der Waals surface area contributed by atoms with Gasteiger partial charge in [-0.3, -0.25) is 9.59 Å². The number of ether oxygens (including phenoxy) is 1. The minimum absolute atomic E-state index is 0.130. The minimum atomic E-state index is -0.408. The largest absolute Gasteiger partial charge is 0.455 e. The summed E-state index contributed by atoms with van der Waals surface area (Å²) in [6, 6.07) is 0.681. The molecule has 2 saturated carbocycles. The fraction of sp³-hybridized carbons (Fsp3) is 0.789. The molecule has 2 atom stereocenters. The van der Waals surface area contributed by atoms with Gasteiger partial charge in [0.25, 0.3) is 5.91 Å². The molecule has 2 fully saturated rings. The van der Waals surface area contributed by atoms with Crippen LogP contribution in [0.3, 0.4) is 0 Å². The molecule has 0 spiro atoms. The van der Waals surface area contributed by atoms with Crippen molar-refractivity contribution in [1.82, 2.24) is 15.5 Å². The van der Waals surface area contributed by atoms with Gasteiger partial charge in [0, 0.05) is 12.1 Å². The van der Waals surface area contributed by atoms with Gasteiger partial charge in [0.2, 0.25) is 5.13 Å². The minimum Gasteiger partial charge on any atom is -0.455 e. The number of carbonyl (C=O) groups is 2. The van der Waals surface area contributed by atoms with Crippen LogP contribution in [0.25, 0.3) is 0 Å². The SMILES string of the molecule is C[C@@H]1CCCC[C@H]1NC(=O)COC(=O)CSc1nnc(NC2CCCCC2)s1. The zero-order chi connectivity index (χ0) is 19.8. The molecule has 0 unspecified atom stereocenters. The van der Waals surface area contributed by atoms with E-state index in [-0.39, 0.29) is 24.3 Å². The molecule has 2 aliphatic carbocycles. The van der Waals surface area contributed by atoms with E-state index >= 15 is 0 Å². The van der Waals surface area contributed by atoms with Gasteiger partial charge in [-0.2, -0.15) is 0 Å². The molecular formula is C19H30N4O3S2. The first-order valence-electron chi connectivity index (χ1n) is 10.3. The molecule has 0 aromatic carbocycles. The smallest absolute Gasteiger partial charge is 0.316 e. The zero-order valence-corrected chi connectivity index (χ0v) is 18.1. The van der Waals surface area contributed by atoms with Crippen molar-refractivity contribution in [1.29, 1.82) is 0 Å². The van der Waals surface area contributed by atoms with Crippen molar-refractivity contribution in [2.24, 2.45) is 5.92 Å². The van der Waals surface area contributed by atoms with Crippen LogP contribution in [0.5, 0.6) is 0 Å². The van der Waals surface area contributed by atoms with E-state index in [1.165, 1.54) is 61.6 Å². The second-order valence-corrected chi connectivity index (χ2v) is 9.94. The Labute approximate surface area is 174 Å². The van der Waals surface area contributed by atoms with Gasteiger partial charge in [0.1, 0.15) is 0 Å². The third-order valence-electron chi connectivity index (χ3n) is 5.47. The molecule has 1 amide bonds. The fourth-order valence-electron chi connectivity index (χ4n) is 3.84. The third kappa shape index (κ3) is 6.92. The first-order chi connectivity index (χ1) is 13.6. The van der Waals surface area contributed by atoms with Crippen molar-refractivity contribution >= 4 is 40.1 Å². The summed E-state index contributed by atoms with van der Waals surface area (Å²) < 4.78 is 5.83. The van der Waals surface area contributed by atoms with Gasteiger partial charge >= 0.3 is 5.97 Å². The number of hydrogen-bond acceptors (Lipinski definition) is 8. The van der Waals surface area contributed by atoms with Crippen LogP contribution in [0.1, 0.15) is 64.7 Å². The maximum atomic E-state index is 12.0. The third-order valence-corrected chi connectivity index (χ3v) is 7.44. The summed E-state index contributed by atoms with van der Waals surface area (Å²) in [4.78, 5) is 23.9. The number of nitrogens with zero attached hydrogens (tertiary/aromatic N) is 2. The zero-order valence-electron chi connectivity index (χ0n) is 16.4. The average Bonchev–Trinajstić information content (AvgIpc) is 3.15. The number of amides is 1. The Balaban J connectivity index is 1.32. The molecule has 28 heavy (non-hydrogen) atoms. The van der Waals surface area contributed by atoms with Crippen molar-refractivity contribution in [3.05, 3.63) is 0 Å². The van der Waals surface area contributed by atoms with Gasteiger partial charge in [-0.15, -0.1) is 10.2 Å². The van der Waals surface area contributed by atoms with E-state index in [2.05, 4.69) is 27.8 Å². The van der Waals surface area contributed by atoms with Gasteiger partial charge in [-0.25, -0.2) is 0 Å². The first-order valence-corrected chi connectivity index (χ1v) is 12.1. The summed E-state index contributed by atoms with van der Waals surface area (Å²) in [5.74, 6) is -0.0101. The summed E-state index contributed by atoms with van der Waals surface area (Å²) in [5.41, 5.74) is 0. The summed E-state index contributed by atoms with van der Waals surface area (Å²) in [5, 5.41) is 15.5. The molecule has 1 aromatic rings. The van der Waals surface area contributed by atoms with E-state index < -0.39 is 5.97 Å². The molecule has 1 heterocycles. The molecule has 0 saturated heterocycles. The molecule has 3 rings (SSSR count). The Hall–Kier alpha value is -1.35. The highest BCUT2D eigenvalue weighted by Gasteiger charge is 2.23. The van der Waals surface area contributed by atoms with Crippen LogP contribution in [0, 0.1) is 5.92 Å². The molecule has 156 valence electrons. The number of thioether (sulfide) groups is 1. The van der Waals surface area contributed by atoms with E-state index in [1.54, 1.807) is 0 Å². The van der Waals surface area contributed by atoms with E-state index in [9.17, 15) is 9.59 Å². The van der Waals surface area contributed by atoms with E-state index in [4.69, 9.17) is 4.74 Å². The Morgan fingerprint density at radius 1 is 1.11 bits per heavy atom. The highest BCUT2D eigenvalue weighted by molar-refractivity contribution is 8.01. The van der Waals surface area contributed by atoms with Gasteiger partial charge in [-0.05, 0) is 31.6 Å². The molecule has 1 aromatic heterocycles. The van der Waals surface area contributed by atoms with Crippen LogP contribution < -0.4 is 10.6 Å². The Morgan fingerprint density at radius 2 is 1.86 bits per heavy atom. The van der Waals surface area contributed by atoms with E-state index in [0.717, 1.165) is 28.7 Å². The highest BCUT2D eigenvalue weighted by atomic mass is 32.2. The number of rotatable bonds is 8. The number of carbonyl (C=O) groups excluding carboxylic acids is 2. The maximum Gasteiger partial charge on any atom is 0.316 e. The molecule has 9 heteroatoms. The van der Waals surface area contributed by atoms with Gasteiger partial charge in [-0.1, -0.05) is 62.1 Å². The number of nitrogens with one attached hydrogen (secondary N) is 2. The first kappa shape index (κ1) is 21.4. The Bertz CT molecular complexity index is 649. The quantitative estimate of drug-likeness (QED) is 0.484. The normalized spacial score (nSPS) is 23.2. The molecule has 0 aliphatic heterocycles. The average molecular weight is 427 g/mol. The molecule has 2 aliphatic rings. The monoisotopic (exact) mass is 426 g/mol. The maximum absolute atomic E-state index is 12.0. The number of aromatic nitrogens is 2. The lowest BCUT2D eigenvalue weighted by molar-refractivity contribution is -0.146. The van der Waals surface area contributed by atoms with Gasteiger partial charge in [0.15, 0.2) is 10.9 Å². The van der Waals surface area contributed by atoms with Gasteiger partial charge in [0.05, 0.1) is 5.75 Å². The van der Waals surface area contributed by atoms with Crippen molar-refractivity contribution in [2.45, 2.75) is 81.1 Å². The Kier molecular flexibility index (Phi) is 8.39. The standard InChI is InChI=1S/C19H30N4O3S2/c1-13-7-5-6-10-15(13)21-16(24)11-26-17(25)12-27-19-23-22-18(28-19)20-14-8-3-2-4-9-14/h13-15H,2-12H2,1H3,(H,20,22)(H,21,24)/t13-,15-/m1/s1. The van der Waals surface area contributed by atoms with Crippen LogP contribution >= 0.6 is 23.1 Å². The second-order valence-electron chi connectivity index (χ2n) is 7.74. The number of hydrogen-bond donors (Lipinski definition) is 2. The molecule has 0 bridgehead atoms. The van der Waals surface area contributed by atoms with Crippen LogP contribution in [-0.4, -0.2) is 46.5 Å². The summed E-state index contributed by atoms with van der Waals surface area (Å²) in [6.07, 6.45) is 10.7. The molecule has 2 N–H and O–H groups in total. The summed E-state index contributed by atoms with van der Waals surface area (Å²) in [7, 11) is 0. The highest BCUT2D eigenvalue weighted by Crippen LogP contribution is 2.28. The second kappa shape index (κ2) is 11.0. The lowest BCUT2D eigenvalue weighted by Crippen LogP contribution is -2.43. The lowest BCUT2D eigenvalue weighted by Gasteiger charge is -2.29. The molecule has 7 nitrogen and oxygen atoms in total. The number of esters is 1. The van der Waals surface area contributed by atoms with Gasteiger partial charge < -0.3 is 15.4 Å². The predicted octanol–water partition coefficient (Wildman–Crippen LogP) is 3.61. The van der Waals surface area contributed by atoms with Crippen LogP contribution in [0.2, 0.25) is 0 Å². The topological polar surface area (TPSA) is 93.2 Å². The van der Waals surface area contributed by atoms with Crippen molar-refractivity contribution in [3.8, 4) is 0 Å². The summed E-state index contributed by atoms with van der Waals surface area (Å²) >= 11 is 2.76.